The van der Waals surface area contributed by atoms with E-state index in [1.54, 1.807) is 18.3 Å². The van der Waals surface area contributed by atoms with Crippen molar-refractivity contribution in [1.82, 2.24) is 4.98 Å². The van der Waals surface area contributed by atoms with Crippen LogP contribution in [-0.4, -0.2) is 4.98 Å². The first kappa shape index (κ1) is 10.2. The van der Waals surface area contributed by atoms with Gasteiger partial charge in [0.2, 0.25) is 5.88 Å². The van der Waals surface area contributed by atoms with Crippen molar-refractivity contribution in [3.63, 3.8) is 0 Å². The van der Waals surface area contributed by atoms with Gasteiger partial charge in [0.1, 0.15) is 6.61 Å². The highest BCUT2D eigenvalue weighted by molar-refractivity contribution is 5.37. The molecule has 0 aliphatic heterocycles. The predicted molar refractivity (Wildman–Crippen MR) is 59.7 cm³/mol. The first-order chi connectivity index (χ1) is 7.90. The Morgan fingerprint density at radius 2 is 1.94 bits per heavy atom. The average Bonchev–Trinajstić information content (AvgIpc) is 2.38. The molecule has 2 aromatic rings. The number of ether oxygens (including phenoxy) is 1. The van der Waals surface area contributed by atoms with Crippen molar-refractivity contribution in [2.24, 2.45) is 0 Å². The third kappa shape index (κ3) is 2.37. The van der Waals surface area contributed by atoms with Gasteiger partial charge in [-0.25, -0.2) is 4.98 Å². The summed E-state index contributed by atoms with van der Waals surface area (Å²) in [5.41, 5.74) is 1.51. The minimum atomic E-state index is 0.362. The van der Waals surface area contributed by atoms with Gasteiger partial charge in [0.05, 0.1) is 11.6 Å². The fourth-order valence-electron chi connectivity index (χ4n) is 1.34. The maximum Gasteiger partial charge on any atom is 0.213 e. The summed E-state index contributed by atoms with van der Waals surface area (Å²) >= 11 is 0. The third-order valence-corrected chi connectivity index (χ3v) is 2.15. The smallest absolute Gasteiger partial charge is 0.213 e. The Balaban J connectivity index is 2.09. The third-order valence-electron chi connectivity index (χ3n) is 2.15. The molecule has 0 amide bonds. The van der Waals surface area contributed by atoms with E-state index in [1.165, 1.54) is 0 Å². The standard InChI is InChI=1S/C13H10N2O/c14-9-11-5-1-2-6-12(11)10-16-13-7-3-4-8-15-13/h1-8H,10H2. The number of hydrogen-bond acceptors (Lipinski definition) is 3. The second kappa shape index (κ2) is 4.94. The van der Waals surface area contributed by atoms with E-state index >= 15 is 0 Å². The molecule has 0 atom stereocenters. The Morgan fingerprint density at radius 1 is 1.12 bits per heavy atom. The number of nitriles is 1. The zero-order valence-corrected chi connectivity index (χ0v) is 8.63. The van der Waals surface area contributed by atoms with Crippen LogP contribution in [0.1, 0.15) is 11.1 Å². The zero-order chi connectivity index (χ0) is 11.2. The fourth-order valence-corrected chi connectivity index (χ4v) is 1.34. The summed E-state index contributed by atoms with van der Waals surface area (Å²) in [6, 6.07) is 15.0. The van der Waals surface area contributed by atoms with Crippen molar-refractivity contribution in [3.8, 4) is 11.9 Å². The molecule has 3 heteroatoms. The van der Waals surface area contributed by atoms with Crippen molar-refractivity contribution < 1.29 is 4.74 Å². The molecule has 0 saturated carbocycles. The van der Waals surface area contributed by atoms with Gasteiger partial charge in [-0.1, -0.05) is 24.3 Å². The Hall–Kier alpha value is -2.34. The molecule has 1 heterocycles. The van der Waals surface area contributed by atoms with Crippen molar-refractivity contribution in [3.05, 3.63) is 59.8 Å². The van der Waals surface area contributed by atoms with Crippen LogP contribution in [0.5, 0.6) is 5.88 Å². The van der Waals surface area contributed by atoms with E-state index in [1.807, 2.05) is 30.3 Å². The maximum absolute atomic E-state index is 8.89. The Bertz CT molecular complexity index is 503. The summed E-state index contributed by atoms with van der Waals surface area (Å²) in [7, 11) is 0. The summed E-state index contributed by atoms with van der Waals surface area (Å²) in [6.45, 7) is 0.362. The lowest BCUT2D eigenvalue weighted by molar-refractivity contribution is 0.293. The number of rotatable bonds is 3. The molecule has 0 unspecified atom stereocenters. The summed E-state index contributed by atoms with van der Waals surface area (Å²) < 4.78 is 5.47. The first-order valence-electron chi connectivity index (χ1n) is 4.92. The van der Waals surface area contributed by atoms with Gasteiger partial charge < -0.3 is 4.74 Å². The van der Waals surface area contributed by atoms with Crippen LogP contribution < -0.4 is 4.74 Å². The molecule has 0 spiro atoms. The lowest BCUT2D eigenvalue weighted by Gasteiger charge is -2.05. The van der Waals surface area contributed by atoms with E-state index in [-0.39, 0.29) is 0 Å². The Kier molecular flexibility index (Phi) is 3.15. The number of hydrogen-bond donors (Lipinski definition) is 0. The summed E-state index contributed by atoms with van der Waals surface area (Å²) in [5.74, 6) is 0.565. The monoisotopic (exact) mass is 210 g/mol. The van der Waals surface area contributed by atoms with Crippen molar-refractivity contribution >= 4 is 0 Å². The minimum Gasteiger partial charge on any atom is -0.473 e. The highest BCUT2D eigenvalue weighted by Crippen LogP contribution is 2.11. The second-order valence-corrected chi connectivity index (χ2v) is 3.23. The van der Waals surface area contributed by atoms with Gasteiger partial charge in [-0.3, -0.25) is 0 Å². The maximum atomic E-state index is 8.89. The number of pyridine rings is 1. The number of benzene rings is 1. The molecule has 0 fully saturated rings. The van der Waals surface area contributed by atoms with Gasteiger partial charge >= 0.3 is 0 Å². The van der Waals surface area contributed by atoms with E-state index in [4.69, 9.17) is 10.00 Å². The van der Waals surface area contributed by atoms with Crippen LogP contribution in [0.25, 0.3) is 0 Å². The second-order valence-electron chi connectivity index (χ2n) is 3.23. The lowest BCUT2D eigenvalue weighted by atomic mass is 10.1. The number of nitrogens with zero attached hydrogens (tertiary/aromatic N) is 2. The first-order valence-corrected chi connectivity index (χ1v) is 4.92. The van der Waals surface area contributed by atoms with Crippen molar-refractivity contribution in [2.45, 2.75) is 6.61 Å². The molecule has 0 aliphatic rings. The molecule has 0 saturated heterocycles. The summed E-state index contributed by atoms with van der Waals surface area (Å²) in [6.07, 6.45) is 1.67. The zero-order valence-electron chi connectivity index (χ0n) is 8.63. The molecular weight excluding hydrogens is 200 g/mol. The molecule has 0 radical (unpaired) electrons. The molecule has 0 N–H and O–H groups in total. The van der Waals surface area contributed by atoms with E-state index in [0.29, 0.717) is 18.1 Å². The van der Waals surface area contributed by atoms with Gasteiger partial charge in [0.25, 0.3) is 0 Å². The van der Waals surface area contributed by atoms with Crippen LogP contribution >= 0.6 is 0 Å². The molecular formula is C13H10N2O. The normalized spacial score (nSPS) is 9.44. The Morgan fingerprint density at radius 3 is 2.69 bits per heavy atom. The highest BCUT2D eigenvalue weighted by Gasteiger charge is 2.01. The predicted octanol–water partition coefficient (Wildman–Crippen LogP) is 2.53. The van der Waals surface area contributed by atoms with E-state index in [9.17, 15) is 0 Å². The van der Waals surface area contributed by atoms with Gasteiger partial charge in [0, 0.05) is 17.8 Å². The van der Waals surface area contributed by atoms with Crippen LogP contribution in [0, 0.1) is 11.3 Å². The summed E-state index contributed by atoms with van der Waals surface area (Å²) in [5, 5.41) is 8.89. The fraction of sp³-hybridized carbons (Fsp3) is 0.0769. The minimum absolute atomic E-state index is 0.362. The molecule has 2 rings (SSSR count). The molecule has 16 heavy (non-hydrogen) atoms. The molecule has 0 bridgehead atoms. The topological polar surface area (TPSA) is 45.9 Å². The molecule has 3 nitrogen and oxygen atoms in total. The average molecular weight is 210 g/mol. The van der Waals surface area contributed by atoms with Crippen molar-refractivity contribution in [1.29, 1.82) is 5.26 Å². The van der Waals surface area contributed by atoms with E-state index < -0.39 is 0 Å². The van der Waals surface area contributed by atoms with Crippen LogP contribution in [-0.2, 0) is 6.61 Å². The van der Waals surface area contributed by atoms with Gasteiger partial charge in [-0.2, -0.15) is 5.26 Å². The molecule has 78 valence electrons. The van der Waals surface area contributed by atoms with Crippen molar-refractivity contribution in [2.75, 3.05) is 0 Å². The molecule has 1 aromatic carbocycles. The van der Waals surface area contributed by atoms with Gasteiger partial charge in [-0.15, -0.1) is 0 Å². The Labute approximate surface area is 93.9 Å². The highest BCUT2D eigenvalue weighted by atomic mass is 16.5. The quantitative estimate of drug-likeness (QED) is 0.782. The summed E-state index contributed by atoms with van der Waals surface area (Å²) in [4.78, 5) is 4.04. The van der Waals surface area contributed by atoms with Gasteiger partial charge in [-0.05, 0) is 12.1 Å². The molecule has 1 aromatic heterocycles. The SMILES string of the molecule is N#Cc1ccccc1COc1ccccn1. The largest absolute Gasteiger partial charge is 0.473 e. The van der Waals surface area contributed by atoms with E-state index in [0.717, 1.165) is 5.56 Å². The van der Waals surface area contributed by atoms with Crippen LogP contribution in [0.4, 0.5) is 0 Å². The molecule has 0 aliphatic carbocycles. The number of aromatic nitrogens is 1. The van der Waals surface area contributed by atoms with Gasteiger partial charge in [0.15, 0.2) is 0 Å². The lowest BCUT2D eigenvalue weighted by Crippen LogP contribution is -1.99. The van der Waals surface area contributed by atoms with Crippen LogP contribution in [0.15, 0.2) is 48.7 Å². The van der Waals surface area contributed by atoms with Crippen LogP contribution in [0.3, 0.4) is 0 Å². The van der Waals surface area contributed by atoms with E-state index in [2.05, 4.69) is 11.1 Å². The van der Waals surface area contributed by atoms with Crippen LogP contribution in [0.2, 0.25) is 0 Å².